The van der Waals surface area contributed by atoms with E-state index in [1.54, 1.807) is 12.1 Å². The molecule has 1 heterocycles. The van der Waals surface area contributed by atoms with E-state index in [1.165, 1.54) is 6.07 Å². The Labute approximate surface area is 130 Å². The summed E-state index contributed by atoms with van der Waals surface area (Å²) in [6.45, 7) is 4.04. The van der Waals surface area contributed by atoms with Crippen LogP contribution in [0.15, 0.2) is 18.2 Å². The fourth-order valence-electron chi connectivity index (χ4n) is 3.87. The largest absolute Gasteiger partial charge is 0.392 e. The van der Waals surface area contributed by atoms with Crippen LogP contribution in [0.25, 0.3) is 0 Å². The summed E-state index contributed by atoms with van der Waals surface area (Å²) in [5.41, 5.74) is 0.597. The van der Waals surface area contributed by atoms with Crippen molar-refractivity contribution >= 4 is 5.69 Å². The molecule has 1 saturated heterocycles. The van der Waals surface area contributed by atoms with E-state index in [-0.39, 0.29) is 23.2 Å². The third-order valence-electron chi connectivity index (χ3n) is 5.25. The zero-order valence-corrected chi connectivity index (χ0v) is 12.8. The van der Waals surface area contributed by atoms with Gasteiger partial charge in [-0.05, 0) is 31.9 Å². The summed E-state index contributed by atoms with van der Waals surface area (Å²) in [6, 6.07) is 6.70. The number of nitrogens with zero attached hydrogens (tertiary/aromatic N) is 2. The third kappa shape index (κ3) is 2.27. The molecule has 0 radical (unpaired) electrons. The summed E-state index contributed by atoms with van der Waals surface area (Å²) in [4.78, 5) is 2.04. The van der Waals surface area contributed by atoms with Gasteiger partial charge in [0.1, 0.15) is 17.4 Å². The molecule has 2 atom stereocenters. The predicted octanol–water partition coefficient (Wildman–Crippen LogP) is 2.45. The molecule has 2 fully saturated rings. The van der Waals surface area contributed by atoms with E-state index >= 15 is 0 Å². The minimum Gasteiger partial charge on any atom is -0.392 e. The van der Waals surface area contributed by atoms with Crippen molar-refractivity contribution < 1.29 is 14.2 Å². The molecule has 0 unspecified atom stereocenters. The first-order valence-corrected chi connectivity index (χ1v) is 7.85. The van der Waals surface area contributed by atoms with Crippen LogP contribution in [-0.4, -0.2) is 37.0 Å². The van der Waals surface area contributed by atoms with E-state index in [0.29, 0.717) is 31.8 Å². The molecule has 0 amide bonds. The van der Waals surface area contributed by atoms with E-state index in [4.69, 9.17) is 10.00 Å². The standard InChI is InChI=1S/C17H21FN2O2/c1-2-22-16-10-15(21)17(16)6-8-20(9-7-17)14-5-3-4-13(18)12(14)11-19/h3-5,15-16,21H,2,6-10H2,1H3/t15-,16-/m0/s1. The summed E-state index contributed by atoms with van der Waals surface area (Å²) in [5, 5.41) is 19.4. The van der Waals surface area contributed by atoms with Crippen LogP contribution in [0.4, 0.5) is 10.1 Å². The zero-order valence-electron chi connectivity index (χ0n) is 12.8. The molecule has 22 heavy (non-hydrogen) atoms. The Bertz CT molecular complexity index is 589. The maximum absolute atomic E-state index is 13.8. The van der Waals surface area contributed by atoms with Gasteiger partial charge in [-0.25, -0.2) is 4.39 Å². The van der Waals surface area contributed by atoms with Crippen molar-refractivity contribution in [1.29, 1.82) is 5.26 Å². The molecule has 118 valence electrons. The van der Waals surface area contributed by atoms with Crippen LogP contribution in [0, 0.1) is 22.6 Å². The lowest BCUT2D eigenvalue weighted by Gasteiger charge is -2.57. The SMILES string of the molecule is CCO[C@H]1C[C@H](O)C12CCN(c1cccc(F)c1C#N)CC2. The van der Waals surface area contributed by atoms with Crippen LogP contribution >= 0.6 is 0 Å². The monoisotopic (exact) mass is 304 g/mol. The topological polar surface area (TPSA) is 56.5 Å². The average Bonchev–Trinajstić information content (AvgIpc) is 2.54. The minimum absolute atomic E-state index is 0.106. The second-order valence-corrected chi connectivity index (χ2v) is 6.16. The van der Waals surface area contributed by atoms with E-state index in [1.807, 2.05) is 17.9 Å². The van der Waals surface area contributed by atoms with Gasteiger partial charge in [-0.2, -0.15) is 5.26 Å². The van der Waals surface area contributed by atoms with Crippen LogP contribution in [0.1, 0.15) is 31.7 Å². The summed E-state index contributed by atoms with van der Waals surface area (Å²) < 4.78 is 19.5. The van der Waals surface area contributed by atoms with Gasteiger partial charge >= 0.3 is 0 Å². The van der Waals surface area contributed by atoms with Crippen LogP contribution < -0.4 is 4.90 Å². The van der Waals surface area contributed by atoms with Crippen molar-refractivity contribution in [2.75, 3.05) is 24.6 Å². The first-order valence-electron chi connectivity index (χ1n) is 7.85. The highest BCUT2D eigenvalue weighted by atomic mass is 19.1. The van der Waals surface area contributed by atoms with Crippen molar-refractivity contribution in [2.24, 2.45) is 5.41 Å². The van der Waals surface area contributed by atoms with Crippen LogP contribution in [0.5, 0.6) is 0 Å². The normalized spacial score (nSPS) is 26.5. The third-order valence-corrected chi connectivity index (χ3v) is 5.25. The molecule has 1 aliphatic carbocycles. The number of benzene rings is 1. The number of hydrogen-bond acceptors (Lipinski definition) is 4. The van der Waals surface area contributed by atoms with E-state index in [0.717, 1.165) is 12.8 Å². The van der Waals surface area contributed by atoms with E-state index in [2.05, 4.69) is 0 Å². The number of ether oxygens (including phenoxy) is 1. The molecule has 1 spiro atoms. The summed E-state index contributed by atoms with van der Waals surface area (Å²) in [7, 11) is 0. The molecule has 2 aliphatic rings. The smallest absolute Gasteiger partial charge is 0.143 e. The molecular weight excluding hydrogens is 283 g/mol. The summed E-state index contributed by atoms with van der Waals surface area (Å²) >= 11 is 0. The van der Waals surface area contributed by atoms with Crippen LogP contribution in [0.2, 0.25) is 0 Å². The van der Waals surface area contributed by atoms with Crippen molar-refractivity contribution in [3.8, 4) is 6.07 Å². The summed E-state index contributed by atoms with van der Waals surface area (Å²) in [6.07, 6.45) is 2.13. The molecule has 4 nitrogen and oxygen atoms in total. The number of aliphatic hydroxyl groups is 1. The number of anilines is 1. The second-order valence-electron chi connectivity index (χ2n) is 6.16. The second kappa shape index (κ2) is 5.86. The molecule has 3 rings (SSSR count). The van der Waals surface area contributed by atoms with Gasteiger partial charge < -0.3 is 14.7 Å². The minimum atomic E-state index is -0.476. The fraction of sp³-hybridized carbons (Fsp3) is 0.588. The quantitative estimate of drug-likeness (QED) is 0.932. The number of nitriles is 1. The van der Waals surface area contributed by atoms with Gasteiger partial charge in [0.25, 0.3) is 0 Å². The molecule has 1 aliphatic heterocycles. The maximum atomic E-state index is 13.8. The van der Waals surface area contributed by atoms with Gasteiger partial charge in [-0.1, -0.05) is 6.07 Å². The highest BCUT2D eigenvalue weighted by molar-refractivity contribution is 5.60. The van der Waals surface area contributed by atoms with Gasteiger partial charge in [-0.15, -0.1) is 0 Å². The lowest BCUT2D eigenvalue weighted by atomic mass is 9.58. The molecule has 1 aromatic rings. The first-order chi connectivity index (χ1) is 10.6. The van der Waals surface area contributed by atoms with Crippen molar-refractivity contribution in [1.82, 2.24) is 0 Å². The molecular formula is C17H21FN2O2. The Morgan fingerprint density at radius 2 is 2.18 bits per heavy atom. The van der Waals surface area contributed by atoms with Crippen molar-refractivity contribution in [3.63, 3.8) is 0 Å². The number of hydrogen-bond donors (Lipinski definition) is 1. The van der Waals surface area contributed by atoms with Gasteiger partial charge in [0.2, 0.25) is 0 Å². The predicted molar refractivity (Wildman–Crippen MR) is 81.0 cm³/mol. The Hall–Kier alpha value is -1.64. The summed E-state index contributed by atoms with van der Waals surface area (Å²) in [5.74, 6) is -0.476. The highest BCUT2D eigenvalue weighted by Gasteiger charge is 2.56. The molecule has 1 saturated carbocycles. The van der Waals surface area contributed by atoms with Crippen molar-refractivity contribution in [2.45, 2.75) is 38.4 Å². The molecule has 0 bridgehead atoms. The maximum Gasteiger partial charge on any atom is 0.143 e. The number of rotatable bonds is 3. The van der Waals surface area contributed by atoms with Crippen LogP contribution in [-0.2, 0) is 4.74 Å². The fourth-order valence-corrected chi connectivity index (χ4v) is 3.87. The number of halogens is 1. The van der Waals surface area contributed by atoms with Gasteiger partial charge in [0.15, 0.2) is 0 Å². The van der Waals surface area contributed by atoms with E-state index < -0.39 is 5.82 Å². The molecule has 0 aromatic heterocycles. The Balaban J connectivity index is 1.75. The molecule has 1 N–H and O–H groups in total. The lowest BCUT2D eigenvalue weighted by Crippen LogP contribution is -2.62. The number of aliphatic hydroxyl groups excluding tert-OH is 1. The highest BCUT2D eigenvalue weighted by Crippen LogP contribution is 2.51. The van der Waals surface area contributed by atoms with E-state index in [9.17, 15) is 9.50 Å². The Kier molecular flexibility index (Phi) is 4.07. The Morgan fingerprint density at radius 1 is 1.45 bits per heavy atom. The molecule has 1 aromatic carbocycles. The lowest BCUT2D eigenvalue weighted by molar-refractivity contribution is -0.199. The molecule has 5 heteroatoms. The van der Waals surface area contributed by atoms with Crippen LogP contribution in [0.3, 0.4) is 0 Å². The average molecular weight is 304 g/mol. The van der Waals surface area contributed by atoms with Gasteiger partial charge in [-0.3, -0.25) is 0 Å². The zero-order chi connectivity index (χ0) is 15.7. The first kappa shape index (κ1) is 15.3. The van der Waals surface area contributed by atoms with Gasteiger partial charge in [0, 0.05) is 31.5 Å². The Morgan fingerprint density at radius 3 is 2.77 bits per heavy atom. The van der Waals surface area contributed by atoms with Gasteiger partial charge in [0.05, 0.1) is 17.9 Å². The van der Waals surface area contributed by atoms with Crippen molar-refractivity contribution in [3.05, 3.63) is 29.6 Å². The number of piperidine rings is 1.